The summed E-state index contributed by atoms with van der Waals surface area (Å²) in [5.41, 5.74) is 11.6. The van der Waals surface area contributed by atoms with Gasteiger partial charge in [0.15, 0.2) is 5.82 Å². The third kappa shape index (κ3) is 4.25. The van der Waals surface area contributed by atoms with Crippen molar-refractivity contribution in [1.82, 2.24) is 19.1 Å². The van der Waals surface area contributed by atoms with Crippen molar-refractivity contribution in [2.45, 2.75) is 0 Å². The monoisotopic (exact) mass is 668 g/mol. The van der Waals surface area contributed by atoms with Crippen molar-refractivity contribution in [2.75, 3.05) is 0 Å². The summed E-state index contributed by atoms with van der Waals surface area (Å²) in [7, 11) is 0. The zero-order valence-electron chi connectivity index (χ0n) is 27.4. The quantitative estimate of drug-likeness (QED) is 0.187. The van der Waals surface area contributed by atoms with Crippen LogP contribution in [0.2, 0.25) is 0 Å². The van der Waals surface area contributed by atoms with Gasteiger partial charge < -0.3 is 4.57 Å². The van der Waals surface area contributed by atoms with Gasteiger partial charge in [-0.2, -0.15) is 0 Å². The van der Waals surface area contributed by atoms with E-state index in [2.05, 4.69) is 173 Å². The zero-order valence-corrected chi connectivity index (χ0v) is 28.2. The Bertz CT molecular complexity index is 3130. The van der Waals surface area contributed by atoms with Crippen molar-refractivity contribution >= 4 is 75.3 Å². The predicted octanol–water partition coefficient (Wildman–Crippen LogP) is 12.4. The van der Waals surface area contributed by atoms with Gasteiger partial charge in [0.2, 0.25) is 0 Å². The lowest BCUT2D eigenvalue weighted by Crippen LogP contribution is -1.98. The average Bonchev–Trinajstić information content (AvgIpc) is 3.85. The third-order valence-corrected chi connectivity index (χ3v) is 11.4. The number of benzene rings is 7. The van der Waals surface area contributed by atoms with Crippen LogP contribution in [0.15, 0.2) is 170 Å². The molecule has 0 amide bonds. The molecular weight excluding hydrogens is 641 g/mol. The lowest BCUT2D eigenvalue weighted by Gasteiger charge is -2.11. The van der Waals surface area contributed by atoms with Crippen molar-refractivity contribution in [3.63, 3.8) is 0 Å². The molecule has 11 rings (SSSR count). The summed E-state index contributed by atoms with van der Waals surface area (Å²) in [6, 6.07) is 59.1. The molecule has 4 heterocycles. The van der Waals surface area contributed by atoms with E-state index in [1.165, 1.54) is 64.9 Å². The van der Waals surface area contributed by atoms with Crippen LogP contribution in [-0.4, -0.2) is 19.1 Å². The van der Waals surface area contributed by atoms with Crippen molar-refractivity contribution < 1.29 is 0 Å². The molecule has 0 fully saturated rings. The Morgan fingerprint density at radius 3 is 1.71 bits per heavy atom. The van der Waals surface area contributed by atoms with E-state index in [1.807, 2.05) is 0 Å². The first-order valence-corrected chi connectivity index (χ1v) is 18.0. The van der Waals surface area contributed by atoms with Gasteiger partial charge in [-0.3, -0.25) is 4.57 Å². The highest BCUT2D eigenvalue weighted by molar-refractivity contribution is 7.26. The third-order valence-electron chi connectivity index (χ3n) is 10.2. The molecule has 4 aromatic heterocycles. The minimum Gasteiger partial charge on any atom is -0.309 e. The van der Waals surface area contributed by atoms with Gasteiger partial charge in [0.05, 0.1) is 32.3 Å². The van der Waals surface area contributed by atoms with Crippen LogP contribution >= 0.6 is 11.3 Å². The number of nitrogens with zero attached hydrogens (tertiary/aromatic N) is 4. The number of para-hydroxylation sites is 2. The molecule has 238 valence electrons. The highest BCUT2D eigenvalue weighted by Crippen LogP contribution is 2.42. The van der Waals surface area contributed by atoms with Gasteiger partial charge in [-0.1, -0.05) is 121 Å². The van der Waals surface area contributed by atoms with Crippen LogP contribution in [0.4, 0.5) is 0 Å². The molecule has 11 aromatic rings. The normalized spacial score (nSPS) is 11.9. The van der Waals surface area contributed by atoms with E-state index in [0.29, 0.717) is 0 Å². The summed E-state index contributed by atoms with van der Waals surface area (Å²) < 4.78 is 7.08. The number of hydrogen-bond donors (Lipinski definition) is 0. The van der Waals surface area contributed by atoms with Crippen LogP contribution in [-0.2, 0) is 0 Å². The summed E-state index contributed by atoms with van der Waals surface area (Å²) in [6.07, 6.45) is 1.71. The maximum Gasteiger partial charge on any atom is 0.159 e. The minimum atomic E-state index is 0.918. The van der Waals surface area contributed by atoms with Crippen molar-refractivity contribution in [3.8, 4) is 33.8 Å². The van der Waals surface area contributed by atoms with Crippen LogP contribution in [0.25, 0.3) is 97.7 Å². The molecule has 51 heavy (non-hydrogen) atoms. The minimum absolute atomic E-state index is 0.918. The zero-order chi connectivity index (χ0) is 33.5. The van der Waals surface area contributed by atoms with Gasteiger partial charge >= 0.3 is 0 Å². The lowest BCUT2D eigenvalue weighted by atomic mass is 10.00. The molecule has 0 N–H and O–H groups in total. The first-order chi connectivity index (χ1) is 25.3. The fourth-order valence-electron chi connectivity index (χ4n) is 7.92. The predicted molar refractivity (Wildman–Crippen MR) is 214 cm³/mol. The fourth-order valence-corrected chi connectivity index (χ4v) is 9.05. The molecule has 0 saturated carbocycles. The Labute approximate surface area is 297 Å². The number of fused-ring (bicyclic) bond motifs is 9. The average molecular weight is 669 g/mol. The maximum atomic E-state index is 4.96. The summed E-state index contributed by atoms with van der Waals surface area (Å²) in [6.45, 7) is 0. The van der Waals surface area contributed by atoms with Gasteiger partial charge in [0, 0.05) is 37.3 Å². The van der Waals surface area contributed by atoms with Crippen LogP contribution in [0.5, 0.6) is 0 Å². The van der Waals surface area contributed by atoms with Crippen LogP contribution in [0.3, 0.4) is 0 Å². The van der Waals surface area contributed by atoms with E-state index < -0.39 is 0 Å². The number of aromatic nitrogens is 4. The molecule has 0 aliphatic carbocycles. The van der Waals surface area contributed by atoms with Gasteiger partial charge in [-0.15, -0.1) is 11.3 Å². The van der Waals surface area contributed by atoms with E-state index >= 15 is 0 Å². The van der Waals surface area contributed by atoms with E-state index in [9.17, 15) is 0 Å². The first-order valence-electron chi connectivity index (χ1n) is 17.2. The molecule has 5 heteroatoms. The van der Waals surface area contributed by atoms with Gasteiger partial charge in [-0.05, 0) is 64.7 Å². The van der Waals surface area contributed by atoms with Gasteiger partial charge in [0.25, 0.3) is 0 Å². The molecule has 0 atom stereocenters. The summed E-state index contributed by atoms with van der Waals surface area (Å²) in [5, 5.41) is 6.00. The lowest BCUT2D eigenvalue weighted by molar-refractivity contribution is 1.08. The number of rotatable bonds is 4. The summed E-state index contributed by atoms with van der Waals surface area (Å²) in [5.74, 6) is 0.918. The molecule has 0 radical (unpaired) electrons. The molecule has 0 aliphatic rings. The van der Waals surface area contributed by atoms with Crippen molar-refractivity contribution in [1.29, 1.82) is 0 Å². The molecule has 7 aromatic carbocycles. The van der Waals surface area contributed by atoms with E-state index in [0.717, 1.165) is 32.8 Å². The summed E-state index contributed by atoms with van der Waals surface area (Å²) >= 11 is 1.76. The summed E-state index contributed by atoms with van der Waals surface area (Å²) in [4.78, 5) is 9.72. The van der Waals surface area contributed by atoms with E-state index in [4.69, 9.17) is 9.97 Å². The highest BCUT2D eigenvalue weighted by atomic mass is 32.1. The van der Waals surface area contributed by atoms with Crippen molar-refractivity contribution in [3.05, 3.63) is 170 Å². The maximum absolute atomic E-state index is 4.96. The molecule has 4 nitrogen and oxygen atoms in total. The number of hydrogen-bond acceptors (Lipinski definition) is 3. The fraction of sp³-hybridized carbons (Fsp3) is 0. The molecule has 0 saturated heterocycles. The Kier molecular flexibility index (Phi) is 6.09. The second kappa shape index (κ2) is 11.0. The highest BCUT2D eigenvalue weighted by Gasteiger charge is 2.21. The molecular formula is C46H28N4S. The van der Waals surface area contributed by atoms with Gasteiger partial charge in [0.1, 0.15) is 6.33 Å². The van der Waals surface area contributed by atoms with Crippen LogP contribution < -0.4 is 0 Å². The second-order valence-corrected chi connectivity index (χ2v) is 14.1. The molecule has 0 unspecified atom stereocenters. The van der Waals surface area contributed by atoms with Gasteiger partial charge in [-0.25, -0.2) is 9.97 Å². The topological polar surface area (TPSA) is 35.6 Å². The standard InChI is InChI=1S/C46H28N4S/c1-2-11-29(12-3-1)30-21-23-31(24-22-30)32-13-10-14-33(25-32)49-39-18-7-4-15-34(39)37-27-42-38(26-41(37)49)35-16-5-8-19-40(35)50(42)46-45-44(47-28-48-46)36-17-6-9-20-43(36)51-45/h1-28H. The van der Waals surface area contributed by atoms with Crippen LogP contribution in [0, 0.1) is 0 Å². The first kappa shape index (κ1) is 28.3. The molecule has 0 aliphatic heterocycles. The Hall–Kier alpha value is -6.56. The van der Waals surface area contributed by atoms with E-state index in [1.54, 1.807) is 17.7 Å². The van der Waals surface area contributed by atoms with E-state index in [-0.39, 0.29) is 0 Å². The Balaban J connectivity index is 1.14. The van der Waals surface area contributed by atoms with Crippen LogP contribution in [0.1, 0.15) is 0 Å². The largest absolute Gasteiger partial charge is 0.309 e. The van der Waals surface area contributed by atoms with Crippen molar-refractivity contribution in [2.24, 2.45) is 0 Å². The Morgan fingerprint density at radius 2 is 0.961 bits per heavy atom. The Morgan fingerprint density at radius 1 is 0.392 bits per heavy atom. The molecule has 0 bridgehead atoms. The molecule has 0 spiro atoms. The number of thiophene rings is 1. The smallest absolute Gasteiger partial charge is 0.159 e. The second-order valence-electron chi connectivity index (χ2n) is 13.1. The SMILES string of the molecule is c1ccc(-c2ccc(-c3cccc(-n4c5ccccc5c5cc6c(cc54)c4ccccc4n6-c4ncnc5c4sc4ccccc45)c3)cc2)cc1.